The van der Waals surface area contributed by atoms with E-state index in [2.05, 4.69) is 17.2 Å². The third kappa shape index (κ3) is 3.02. The Kier molecular flexibility index (Phi) is 6.81. The number of hydrogen-bond acceptors (Lipinski definition) is 3. The van der Waals surface area contributed by atoms with Crippen LogP contribution in [0.4, 0.5) is 4.79 Å². The molecule has 1 atom stereocenters. The van der Waals surface area contributed by atoms with Crippen molar-refractivity contribution in [2.24, 2.45) is 11.3 Å². The van der Waals surface area contributed by atoms with E-state index in [9.17, 15) is 14.4 Å². The minimum absolute atomic E-state index is 0. The zero-order valence-corrected chi connectivity index (χ0v) is 10.2. The normalized spacial score (nSPS) is 19.3. The Hall–Kier alpha value is -0.650. The van der Waals surface area contributed by atoms with Crippen LogP contribution in [0.2, 0.25) is 0 Å². The van der Waals surface area contributed by atoms with Crippen LogP contribution in [0.5, 0.6) is 0 Å². The number of imide groups is 2. The Morgan fingerprint density at radius 2 is 1.78 bits per heavy atom. The van der Waals surface area contributed by atoms with Crippen LogP contribution in [0.15, 0.2) is 12.7 Å². The number of allylic oxidation sites excluding steroid dienone is 1. The number of urea groups is 1. The zero-order chi connectivity index (χ0) is 13.1. The van der Waals surface area contributed by atoms with Crippen LogP contribution in [-0.2, 0) is 9.59 Å². The van der Waals surface area contributed by atoms with Crippen molar-refractivity contribution in [3.8, 4) is 0 Å². The monoisotopic (exact) mass is 262 g/mol. The summed E-state index contributed by atoms with van der Waals surface area (Å²) in [7, 11) is 0. The molecule has 5 nitrogen and oxygen atoms in total. The van der Waals surface area contributed by atoms with Gasteiger partial charge in [-0.05, 0) is 18.8 Å². The summed E-state index contributed by atoms with van der Waals surface area (Å²) in [5.41, 5.74) is -1.20. The SMILES string of the molecule is C=CCC1([C@H](C)CCC)C(=O)NC(=O)NC1=O.[NaH]. The predicted octanol–water partition coefficient (Wildman–Crippen LogP) is 0.703. The van der Waals surface area contributed by atoms with Gasteiger partial charge in [0.1, 0.15) is 5.41 Å². The molecule has 1 fully saturated rings. The van der Waals surface area contributed by atoms with Gasteiger partial charge in [-0.1, -0.05) is 26.3 Å². The van der Waals surface area contributed by atoms with Crippen LogP contribution in [0.1, 0.15) is 33.1 Å². The molecule has 2 N–H and O–H groups in total. The molecule has 0 spiro atoms. The van der Waals surface area contributed by atoms with Gasteiger partial charge in [0.05, 0.1) is 0 Å². The van der Waals surface area contributed by atoms with E-state index >= 15 is 0 Å². The summed E-state index contributed by atoms with van der Waals surface area (Å²) in [5, 5.41) is 4.33. The van der Waals surface area contributed by atoms with Crippen LogP contribution >= 0.6 is 0 Å². The fraction of sp³-hybridized carbons (Fsp3) is 0.583. The fourth-order valence-corrected chi connectivity index (χ4v) is 2.30. The topological polar surface area (TPSA) is 75.3 Å². The molecule has 0 aliphatic carbocycles. The molecule has 0 saturated carbocycles. The number of hydrogen-bond donors (Lipinski definition) is 2. The van der Waals surface area contributed by atoms with Crippen molar-refractivity contribution in [1.29, 1.82) is 0 Å². The number of barbiturate groups is 1. The van der Waals surface area contributed by atoms with Gasteiger partial charge in [-0.2, -0.15) is 0 Å². The van der Waals surface area contributed by atoms with Gasteiger partial charge < -0.3 is 0 Å². The molecule has 0 aromatic rings. The molecule has 1 saturated heterocycles. The fourth-order valence-electron chi connectivity index (χ4n) is 2.30. The molecule has 1 heterocycles. The van der Waals surface area contributed by atoms with Crippen molar-refractivity contribution >= 4 is 47.4 Å². The van der Waals surface area contributed by atoms with E-state index in [0.717, 1.165) is 12.8 Å². The molecule has 1 aliphatic rings. The van der Waals surface area contributed by atoms with Gasteiger partial charge >= 0.3 is 35.6 Å². The molecule has 18 heavy (non-hydrogen) atoms. The minimum atomic E-state index is -1.20. The summed E-state index contributed by atoms with van der Waals surface area (Å²) < 4.78 is 0. The molecule has 1 aliphatic heterocycles. The van der Waals surface area contributed by atoms with E-state index in [1.165, 1.54) is 0 Å². The van der Waals surface area contributed by atoms with Gasteiger partial charge in [0, 0.05) is 0 Å². The van der Waals surface area contributed by atoms with Gasteiger partial charge in [0.2, 0.25) is 11.8 Å². The molecule has 0 unspecified atom stereocenters. The number of rotatable bonds is 5. The average Bonchev–Trinajstić information content (AvgIpc) is 2.23. The maximum absolute atomic E-state index is 12.0. The third-order valence-electron chi connectivity index (χ3n) is 3.29. The predicted molar refractivity (Wildman–Crippen MR) is 70.1 cm³/mol. The Balaban J connectivity index is 0.00000289. The molecular weight excluding hydrogens is 243 g/mol. The molecule has 0 bridgehead atoms. The van der Waals surface area contributed by atoms with Crippen LogP contribution in [0, 0.1) is 11.3 Å². The summed E-state index contributed by atoms with van der Waals surface area (Å²) in [6, 6.07) is -0.747. The molecule has 0 aromatic heterocycles. The van der Waals surface area contributed by atoms with Gasteiger partial charge in [0.25, 0.3) is 0 Å². The van der Waals surface area contributed by atoms with Crippen molar-refractivity contribution in [1.82, 2.24) is 10.6 Å². The van der Waals surface area contributed by atoms with Crippen molar-refractivity contribution < 1.29 is 14.4 Å². The molecule has 6 heteroatoms. The van der Waals surface area contributed by atoms with Gasteiger partial charge in [-0.25, -0.2) is 4.79 Å². The molecule has 0 radical (unpaired) electrons. The van der Waals surface area contributed by atoms with Crippen LogP contribution in [-0.4, -0.2) is 47.4 Å². The number of amides is 4. The molecule has 1 rings (SSSR count). The van der Waals surface area contributed by atoms with E-state index in [-0.39, 0.29) is 41.9 Å². The van der Waals surface area contributed by atoms with Crippen molar-refractivity contribution in [2.75, 3.05) is 0 Å². The van der Waals surface area contributed by atoms with E-state index in [1.54, 1.807) is 6.08 Å². The van der Waals surface area contributed by atoms with Crippen molar-refractivity contribution in [3.63, 3.8) is 0 Å². The Morgan fingerprint density at radius 1 is 1.28 bits per heavy atom. The number of nitrogens with one attached hydrogen (secondary N) is 2. The second kappa shape index (κ2) is 7.07. The van der Waals surface area contributed by atoms with Gasteiger partial charge in [0.15, 0.2) is 0 Å². The second-order valence-electron chi connectivity index (χ2n) is 4.39. The van der Waals surface area contributed by atoms with E-state index in [4.69, 9.17) is 0 Å². The maximum atomic E-state index is 12.0. The molecular formula is C12H19N2NaO3. The van der Waals surface area contributed by atoms with Crippen molar-refractivity contribution in [2.45, 2.75) is 33.1 Å². The first kappa shape index (κ1) is 17.4. The number of carbonyl (C=O) groups is 3. The molecule has 4 amide bonds. The quantitative estimate of drug-likeness (QED) is 0.435. The summed E-state index contributed by atoms with van der Waals surface area (Å²) in [6.45, 7) is 7.42. The number of carbonyl (C=O) groups excluding carboxylic acids is 3. The van der Waals surface area contributed by atoms with Gasteiger partial charge in [-0.3, -0.25) is 20.2 Å². The van der Waals surface area contributed by atoms with Gasteiger partial charge in [-0.15, -0.1) is 6.58 Å². The summed E-state index contributed by atoms with van der Waals surface area (Å²) in [4.78, 5) is 35.1. The Bertz CT molecular complexity index is 348. The van der Waals surface area contributed by atoms with Crippen LogP contribution in [0.3, 0.4) is 0 Å². The molecule has 96 valence electrons. The first-order valence-corrected chi connectivity index (χ1v) is 5.76. The zero-order valence-electron chi connectivity index (χ0n) is 10.2. The third-order valence-corrected chi connectivity index (χ3v) is 3.29. The summed E-state index contributed by atoms with van der Waals surface area (Å²) in [5.74, 6) is -1.18. The molecule has 0 aromatic carbocycles. The first-order chi connectivity index (χ1) is 7.98. The van der Waals surface area contributed by atoms with E-state index < -0.39 is 23.3 Å². The summed E-state index contributed by atoms with van der Waals surface area (Å²) >= 11 is 0. The summed E-state index contributed by atoms with van der Waals surface area (Å²) in [6.07, 6.45) is 3.39. The second-order valence-corrected chi connectivity index (χ2v) is 4.39. The Labute approximate surface area is 129 Å². The average molecular weight is 262 g/mol. The standard InChI is InChI=1S/C12H18N2O3.Na.H/c1-4-6-8(3)12(7-5-2)9(15)13-11(17)14-10(12)16;;/h5,8H,2,4,6-7H2,1,3H3,(H2,13,14,15,16,17);;/t8-;;/m1../s1. The van der Waals surface area contributed by atoms with E-state index in [0.29, 0.717) is 0 Å². The van der Waals surface area contributed by atoms with Crippen LogP contribution < -0.4 is 10.6 Å². The van der Waals surface area contributed by atoms with Crippen LogP contribution in [0.25, 0.3) is 0 Å². The van der Waals surface area contributed by atoms with Crippen molar-refractivity contribution in [3.05, 3.63) is 12.7 Å². The Morgan fingerprint density at radius 3 is 2.17 bits per heavy atom. The van der Waals surface area contributed by atoms with E-state index in [1.807, 2.05) is 13.8 Å². The first-order valence-electron chi connectivity index (χ1n) is 5.76.